The van der Waals surface area contributed by atoms with E-state index in [0.717, 1.165) is 29.7 Å². The van der Waals surface area contributed by atoms with Crippen LogP contribution in [0.5, 0.6) is 0 Å². The number of nitrogens with one attached hydrogen (secondary N) is 3. The average Bonchev–Trinajstić information content (AvgIpc) is 3.30. The molecule has 0 aliphatic heterocycles. The Morgan fingerprint density at radius 1 is 1.15 bits per heavy atom. The molecule has 0 fully saturated rings. The summed E-state index contributed by atoms with van der Waals surface area (Å²) in [5.74, 6) is -0.645. The summed E-state index contributed by atoms with van der Waals surface area (Å²) in [5, 5.41) is 7.93. The van der Waals surface area contributed by atoms with Crippen LogP contribution in [0, 0.1) is 0 Å². The molecule has 0 radical (unpaired) electrons. The molecule has 34 heavy (non-hydrogen) atoms. The van der Waals surface area contributed by atoms with Crippen LogP contribution in [-0.2, 0) is 13.0 Å². The smallest absolute Gasteiger partial charge is 0.326 e. The minimum absolute atomic E-state index is 0.265. The molecule has 0 spiro atoms. The lowest BCUT2D eigenvalue weighted by Crippen LogP contribution is -2.34. The van der Waals surface area contributed by atoms with Gasteiger partial charge in [0.05, 0.1) is 12.2 Å². The number of H-pyrrole nitrogens is 2. The van der Waals surface area contributed by atoms with Gasteiger partial charge in [-0.25, -0.2) is 4.79 Å². The number of hydrogen-bond donors (Lipinski definition) is 4. The van der Waals surface area contributed by atoms with E-state index in [9.17, 15) is 14.4 Å². The summed E-state index contributed by atoms with van der Waals surface area (Å²) in [7, 11) is 0. The van der Waals surface area contributed by atoms with Crippen LogP contribution in [0.1, 0.15) is 34.6 Å². The number of hydrogen-bond acceptors (Lipinski definition) is 5. The molecule has 1 atom stereocenters. The summed E-state index contributed by atoms with van der Waals surface area (Å²) in [6.45, 7) is 2.53. The van der Waals surface area contributed by atoms with Crippen molar-refractivity contribution in [2.24, 2.45) is 0 Å². The second-order valence-corrected chi connectivity index (χ2v) is 8.32. The van der Waals surface area contributed by atoms with Crippen LogP contribution >= 0.6 is 11.6 Å². The molecule has 4 aromatic rings. The highest BCUT2D eigenvalue weighted by Crippen LogP contribution is 2.23. The van der Waals surface area contributed by atoms with Crippen molar-refractivity contribution in [1.82, 2.24) is 25.1 Å². The fourth-order valence-corrected chi connectivity index (χ4v) is 3.67. The number of nitrogens with two attached hydrogens (primary N) is 1. The number of carbonyl (C=O) groups excluding carboxylic acids is 1. The monoisotopic (exact) mass is 478 g/mol. The third-order valence-corrected chi connectivity index (χ3v) is 5.70. The summed E-state index contributed by atoms with van der Waals surface area (Å²) in [6.07, 6.45) is 4.60. The summed E-state index contributed by atoms with van der Waals surface area (Å²) in [4.78, 5) is 40.0. The van der Waals surface area contributed by atoms with Crippen molar-refractivity contribution in [3.8, 4) is 11.1 Å². The van der Waals surface area contributed by atoms with E-state index in [1.807, 2.05) is 64.4 Å². The number of aromatic nitrogens is 4. The van der Waals surface area contributed by atoms with Gasteiger partial charge in [0, 0.05) is 23.3 Å². The lowest BCUT2D eigenvalue weighted by atomic mass is 10.0. The Morgan fingerprint density at radius 3 is 2.68 bits per heavy atom. The fourth-order valence-electron chi connectivity index (χ4n) is 3.54. The number of aromatic amines is 2. The van der Waals surface area contributed by atoms with E-state index in [2.05, 4.69) is 15.4 Å². The van der Waals surface area contributed by atoms with Gasteiger partial charge in [0.2, 0.25) is 0 Å². The molecule has 2 aromatic heterocycles. The Hall–Kier alpha value is -4.11. The highest BCUT2D eigenvalue weighted by Gasteiger charge is 2.17. The van der Waals surface area contributed by atoms with E-state index in [1.165, 1.54) is 5.56 Å². The van der Waals surface area contributed by atoms with Crippen molar-refractivity contribution < 1.29 is 4.79 Å². The highest BCUT2D eigenvalue weighted by molar-refractivity contribution is 6.30. The van der Waals surface area contributed by atoms with Crippen molar-refractivity contribution in [2.45, 2.75) is 25.9 Å². The van der Waals surface area contributed by atoms with Gasteiger partial charge in [0.15, 0.2) is 0 Å². The van der Waals surface area contributed by atoms with E-state index in [0.29, 0.717) is 5.02 Å². The molecule has 0 aliphatic carbocycles. The first-order chi connectivity index (χ1) is 16.3. The number of benzene rings is 2. The Labute approximate surface area is 199 Å². The molecule has 2 aromatic carbocycles. The SMILES string of the molecule is C[C@@H](NC(=O)c1[nH]c(=O)[nH]c(=O)c1N)c1cccc(-c2cnn(CCc3ccc(Cl)cc3)c2)c1. The molecule has 5 N–H and O–H groups in total. The Balaban J connectivity index is 1.45. The number of anilines is 1. The number of amides is 1. The second-order valence-electron chi connectivity index (χ2n) is 7.89. The van der Waals surface area contributed by atoms with Gasteiger partial charge in [-0.05, 0) is 48.2 Å². The van der Waals surface area contributed by atoms with E-state index >= 15 is 0 Å². The van der Waals surface area contributed by atoms with Crippen LogP contribution in [0.15, 0.2) is 70.5 Å². The van der Waals surface area contributed by atoms with Crippen LogP contribution in [0.4, 0.5) is 5.69 Å². The molecule has 174 valence electrons. The molecule has 0 saturated carbocycles. The predicted octanol–water partition coefficient (Wildman–Crippen LogP) is 2.90. The first-order valence-corrected chi connectivity index (χ1v) is 11.0. The molecule has 0 bridgehead atoms. The zero-order valence-corrected chi connectivity index (χ0v) is 19.1. The minimum atomic E-state index is -0.809. The Kier molecular flexibility index (Phi) is 6.65. The van der Waals surface area contributed by atoms with E-state index in [-0.39, 0.29) is 11.4 Å². The van der Waals surface area contributed by atoms with Gasteiger partial charge in [0.25, 0.3) is 11.5 Å². The maximum absolute atomic E-state index is 12.6. The van der Waals surface area contributed by atoms with Crippen LogP contribution in [0.2, 0.25) is 5.02 Å². The minimum Gasteiger partial charge on any atom is -0.392 e. The zero-order valence-electron chi connectivity index (χ0n) is 18.3. The van der Waals surface area contributed by atoms with Gasteiger partial charge >= 0.3 is 5.69 Å². The Bertz CT molecular complexity index is 1440. The molecule has 9 nitrogen and oxygen atoms in total. The first kappa shape index (κ1) is 23.1. The standard InChI is InChI=1S/C24H23ClN6O3/c1-14(28-23(33)21-20(26)22(32)30-24(34)29-21)16-3-2-4-17(11-16)18-12-27-31(13-18)10-9-15-5-7-19(25)8-6-15/h2-8,11-14H,9-10,26H2,1H3,(H,28,33)(H2,29,30,32,34)/t14-/m1/s1. The average molecular weight is 479 g/mol. The van der Waals surface area contributed by atoms with Crippen molar-refractivity contribution in [3.05, 3.63) is 104 Å². The maximum atomic E-state index is 12.6. The number of carbonyl (C=O) groups is 1. The number of aryl methyl sites for hydroxylation is 2. The van der Waals surface area contributed by atoms with Gasteiger partial charge in [-0.15, -0.1) is 0 Å². The van der Waals surface area contributed by atoms with Gasteiger partial charge in [-0.1, -0.05) is 41.9 Å². The van der Waals surface area contributed by atoms with E-state index < -0.39 is 23.2 Å². The third-order valence-electron chi connectivity index (χ3n) is 5.45. The highest BCUT2D eigenvalue weighted by atomic mass is 35.5. The van der Waals surface area contributed by atoms with Crippen LogP contribution in [0.3, 0.4) is 0 Å². The topological polar surface area (TPSA) is 139 Å². The van der Waals surface area contributed by atoms with E-state index in [4.69, 9.17) is 17.3 Å². The first-order valence-electron chi connectivity index (χ1n) is 10.6. The van der Waals surface area contributed by atoms with Crippen LogP contribution in [0.25, 0.3) is 11.1 Å². The zero-order chi connectivity index (χ0) is 24.2. The molecule has 1 amide bonds. The number of halogens is 1. The van der Waals surface area contributed by atoms with Crippen LogP contribution in [-0.4, -0.2) is 25.7 Å². The quantitative estimate of drug-likeness (QED) is 0.323. The number of rotatable bonds is 7. The van der Waals surface area contributed by atoms with Gasteiger partial charge in [-0.3, -0.25) is 19.3 Å². The fraction of sp³-hybridized carbons (Fsp3) is 0.167. The summed E-state index contributed by atoms with van der Waals surface area (Å²) in [5.41, 5.74) is 7.34. The Morgan fingerprint density at radius 2 is 1.91 bits per heavy atom. The summed E-state index contributed by atoms with van der Waals surface area (Å²) in [6, 6.07) is 15.0. The van der Waals surface area contributed by atoms with Crippen molar-refractivity contribution >= 4 is 23.2 Å². The molecule has 10 heteroatoms. The lowest BCUT2D eigenvalue weighted by Gasteiger charge is -2.15. The normalized spacial score (nSPS) is 11.8. The molecule has 4 rings (SSSR count). The van der Waals surface area contributed by atoms with Gasteiger partial charge in [0.1, 0.15) is 11.4 Å². The molecular weight excluding hydrogens is 456 g/mol. The summed E-state index contributed by atoms with van der Waals surface area (Å²) >= 11 is 5.94. The third kappa shape index (κ3) is 5.26. The lowest BCUT2D eigenvalue weighted by molar-refractivity contribution is 0.0935. The van der Waals surface area contributed by atoms with Crippen molar-refractivity contribution in [3.63, 3.8) is 0 Å². The maximum Gasteiger partial charge on any atom is 0.326 e. The predicted molar refractivity (Wildman–Crippen MR) is 131 cm³/mol. The van der Waals surface area contributed by atoms with E-state index in [1.54, 1.807) is 13.1 Å². The molecule has 2 heterocycles. The summed E-state index contributed by atoms with van der Waals surface area (Å²) < 4.78 is 1.88. The number of nitrogens with zero attached hydrogens (tertiary/aromatic N) is 2. The largest absolute Gasteiger partial charge is 0.392 e. The van der Waals surface area contributed by atoms with Crippen molar-refractivity contribution in [2.75, 3.05) is 5.73 Å². The molecule has 0 saturated heterocycles. The van der Waals surface area contributed by atoms with Gasteiger partial charge in [-0.2, -0.15) is 5.10 Å². The molecule has 0 aliphatic rings. The van der Waals surface area contributed by atoms with Crippen molar-refractivity contribution in [1.29, 1.82) is 0 Å². The molecular formula is C24H23ClN6O3. The van der Waals surface area contributed by atoms with Crippen LogP contribution < -0.4 is 22.3 Å². The van der Waals surface area contributed by atoms with Gasteiger partial charge < -0.3 is 16.0 Å². The molecule has 0 unspecified atom stereocenters. The number of nitrogen functional groups attached to an aromatic ring is 1. The second kappa shape index (κ2) is 9.80.